The molecule has 0 spiro atoms. The fraction of sp³-hybridized carbons (Fsp3) is 0.526. The van der Waals surface area contributed by atoms with Crippen molar-refractivity contribution in [1.29, 1.82) is 0 Å². The van der Waals surface area contributed by atoms with E-state index in [-0.39, 0.29) is 16.7 Å². The number of amides is 1. The van der Waals surface area contributed by atoms with Gasteiger partial charge in [0.1, 0.15) is 5.75 Å². The number of hydrogen-bond donors (Lipinski definition) is 1. The summed E-state index contributed by atoms with van der Waals surface area (Å²) in [6.07, 6.45) is 1.97. The molecule has 0 aliphatic carbocycles. The van der Waals surface area contributed by atoms with Crippen LogP contribution in [-0.4, -0.2) is 16.8 Å². The molecule has 126 valence electrons. The topological polar surface area (TPSA) is 40.5 Å². The fourth-order valence-corrected chi connectivity index (χ4v) is 3.67. The van der Waals surface area contributed by atoms with Gasteiger partial charge < -0.3 is 5.11 Å². The van der Waals surface area contributed by atoms with Gasteiger partial charge in [-0.1, -0.05) is 59.4 Å². The van der Waals surface area contributed by atoms with Crippen molar-refractivity contribution in [2.75, 3.05) is 10.7 Å². The Kier molecular flexibility index (Phi) is 4.60. The van der Waals surface area contributed by atoms with Crippen molar-refractivity contribution in [3.8, 4) is 5.75 Å². The van der Waals surface area contributed by atoms with Gasteiger partial charge in [-0.3, -0.25) is 9.69 Å². The molecule has 23 heavy (non-hydrogen) atoms. The number of phenols is 1. The summed E-state index contributed by atoms with van der Waals surface area (Å²) in [5, 5.41) is 11.8. The molecule has 1 heterocycles. The normalized spacial score (nSPS) is 18.1. The van der Waals surface area contributed by atoms with Crippen LogP contribution < -0.4 is 4.90 Å². The second-order valence-corrected chi connectivity index (χ2v) is 9.03. The van der Waals surface area contributed by atoms with Gasteiger partial charge in [0.2, 0.25) is 5.91 Å². The molecular formula is C19H27NO2S. The van der Waals surface area contributed by atoms with Gasteiger partial charge in [-0.2, -0.15) is 0 Å². The van der Waals surface area contributed by atoms with Gasteiger partial charge in [-0.05, 0) is 29.9 Å². The van der Waals surface area contributed by atoms with Crippen LogP contribution in [0.25, 0.3) is 0 Å². The van der Waals surface area contributed by atoms with Crippen molar-refractivity contribution in [1.82, 2.24) is 0 Å². The first-order valence-electron chi connectivity index (χ1n) is 7.97. The summed E-state index contributed by atoms with van der Waals surface area (Å²) in [5.74, 6) is 0.902. The van der Waals surface area contributed by atoms with Crippen molar-refractivity contribution in [3.05, 3.63) is 34.4 Å². The lowest BCUT2D eigenvalue weighted by atomic mass is 9.79. The number of carbonyl (C=O) groups is 1. The molecule has 4 heteroatoms. The molecule has 1 fully saturated rings. The number of aromatic hydroxyl groups is 1. The second-order valence-electron chi connectivity index (χ2n) is 8.03. The van der Waals surface area contributed by atoms with E-state index in [1.165, 1.54) is 0 Å². The third kappa shape index (κ3) is 3.42. The Morgan fingerprint density at radius 3 is 1.96 bits per heavy atom. The monoisotopic (exact) mass is 333 g/mol. The van der Waals surface area contributed by atoms with Gasteiger partial charge in [0.05, 0.1) is 16.5 Å². The highest BCUT2D eigenvalue weighted by molar-refractivity contribution is 8.04. The predicted octanol–water partition coefficient (Wildman–Crippen LogP) is 4.93. The summed E-state index contributed by atoms with van der Waals surface area (Å²) in [4.78, 5) is 14.1. The summed E-state index contributed by atoms with van der Waals surface area (Å²) in [6, 6.07) is 3.91. The molecule has 1 aliphatic heterocycles. The van der Waals surface area contributed by atoms with Crippen LogP contribution in [0.1, 0.15) is 59.6 Å². The number of rotatable bonds is 1. The van der Waals surface area contributed by atoms with E-state index in [2.05, 4.69) is 41.5 Å². The molecule has 1 aromatic rings. The molecule has 0 radical (unpaired) electrons. The zero-order valence-electron chi connectivity index (χ0n) is 15.2. The van der Waals surface area contributed by atoms with E-state index < -0.39 is 0 Å². The molecular weight excluding hydrogens is 306 g/mol. The first kappa shape index (κ1) is 17.9. The van der Waals surface area contributed by atoms with Crippen molar-refractivity contribution in [2.45, 2.75) is 59.3 Å². The number of nitrogens with zero attached hydrogens (tertiary/aromatic N) is 1. The van der Waals surface area contributed by atoms with E-state index in [4.69, 9.17) is 0 Å². The van der Waals surface area contributed by atoms with Crippen LogP contribution in [0.15, 0.2) is 23.2 Å². The number of anilines is 1. The van der Waals surface area contributed by atoms with E-state index in [1.807, 2.05) is 25.1 Å². The average Bonchev–Trinajstić information content (AvgIpc) is 2.77. The van der Waals surface area contributed by atoms with Gasteiger partial charge in [0, 0.05) is 11.1 Å². The number of thioether (sulfide) groups is 1. The van der Waals surface area contributed by atoms with Crippen LogP contribution in [0.4, 0.5) is 5.69 Å². The molecule has 2 rings (SSSR count). The maximum absolute atomic E-state index is 12.4. The summed E-state index contributed by atoms with van der Waals surface area (Å²) < 4.78 is 0. The van der Waals surface area contributed by atoms with Crippen LogP contribution in [0.2, 0.25) is 0 Å². The number of allylic oxidation sites excluding steroid dienone is 1. The van der Waals surface area contributed by atoms with Crippen LogP contribution in [0.5, 0.6) is 5.75 Å². The van der Waals surface area contributed by atoms with E-state index >= 15 is 0 Å². The summed E-state index contributed by atoms with van der Waals surface area (Å²) in [7, 11) is 0. The smallest absolute Gasteiger partial charge is 0.242 e. The van der Waals surface area contributed by atoms with Crippen molar-refractivity contribution < 1.29 is 9.90 Å². The average molecular weight is 333 g/mol. The Bertz CT molecular complexity index is 628. The maximum Gasteiger partial charge on any atom is 0.242 e. The standard InChI is InChI=1S/C19H27NO2S/c1-8-16-20(15(21)11-23-16)12-9-13(18(2,3)4)17(22)14(10-12)19(5,6)7/h8-10,22H,11H2,1-7H3. The first-order chi connectivity index (χ1) is 10.5. The molecule has 0 unspecified atom stereocenters. The number of carbonyl (C=O) groups excluding carboxylic acids is 1. The maximum atomic E-state index is 12.4. The van der Waals surface area contributed by atoms with Gasteiger partial charge in [0.15, 0.2) is 0 Å². The molecule has 1 N–H and O–H groups in total. The molecule has 1 aromatic carbocycles. The first-order valence-corrected chi connectivity index (χ1v) is 8.95. The number of phenolic OH excluding ortho intramolecular Hbond substituents is 1. The molecule has 0 atom stereocenters. The summed E-state index contributed by atoms with van der Waals surface area (Å²) in [5.41, 5.74) is 2.19. The Hall–Kier alpha value is -1.42. The highest BCUT2D eigenvalue weighted by Gasteiger charge is 2.32. The lowest BCUT2D eigenvalue weighted by Gasteiger charge is -2.30. The Morgan fingerprint density at radius 1 is 1.09 bits per heavy atom. The third-order valence-electron chi connectivity index (χ3n) is 4.03. The molecule has 1 saturated heterocycles. The molecule has 0 saturated carbocycles. The minimum Gasteiger partial charge on any atom is -0.507 e. The van der Waals surface area contributed by atoms with Crippen molar-refractivity contribution in [2.24, 2.45) is 0 Å². The van der Waals surface area contributed by atoms with E-state index in [0.29, 0.717) is 11.5 Å². The fourth-order valence-electron chi connectivity index (χ4n) is 2.76. The van der Waals surface area contributed by atoms with Crippen LogP contribution in [-0.2, 0) is 15.6 Å². The van der Waals surface area contributed by atoms with E-state index in [0.717, 1.165) is 21.8 Å². The van der Waals surface area contributed by atoms with Gasteiger partial charge in [-0.25, -0.2) is 0 Å². The van der Waals surface area contributed by atoms with Gasteiger partial charge in [-0.15, -0.1) is 0 Å². The molecule has 3 nitrogen and oxygen atoms in total. The molecule has 0 aromatic heterocycles. The molecule has 1 aliphatic rings. The second kappa shape index (κ2) is 5.90. The van der Waals surface area contributed by atoms with Crippen LogP contribution in [0, 0.1) is 0 Å². The largest absolute Gasteiger partial charge is 0.507 e. The van der Waals surface area contributed by atoms with Gasteiger partial charge in [0.25, 0.3) is 0 Å². The zero-order valence-corrected chi connectivity index (χ0v) is 16.0. The number of hydrogen-bond acceptors (Lipinski definition) is 3. The third-order valence-corrected chi connectivity index (χ3v) is 5.13. The summed E-state index contributed by atoms with van der Waals surface area (Å²) >= 11 is 1.56. The predicted molar refractivity (Wildman–Crippen MR) is 99.2 cm³/mol. The lowest BCUT2D eigenvalue weighted by Crippen LogP contribution is -2.26. The Labute approximate surface area is 143 Å². The van der Waals surface area contributed by atoms with Gasteiger partial charge >= 0.3 is 0 Å². The lowest BCUT2D eigenvalue weighted by molar-refractivity contribution is -0.115. The molecule has 0 bridgehead atoms. The highest BCUT2D eigenvalue weighted by Crippen LogP contribution is 2.44. The van der Waals surface area contributed by atoms with Crippen LogP contribution >= 0.6 is 11.8 Å². The zero-order chi connectivity index (χ0) is 17.6. The van der Waals surface area contributed by atoms with Crippen LogP contribution in [0.3, 0.4) is 0 Å². The summed E-state index contributed by atoms with van der Waals surface area (Å²) in [6.45, 7) is 14.4. The SMILES string of the molecule is CC=C1SCC(=O)N1c1cc(C(C)(C)C)c(O)c(C(C)(C)C)c1. The number of benzene rings is 1. The Morgan fingerprint density at radius 2 is 1.57 bits per heavy atom. The molecule has 1 amide bonds. The quantitative estimate of drug-likeness (QED) is 0.792. The van der Waals surface area contributed by atoms with E-state index in [1.54, 1.807) is 16.7 Å². The Balaban J connectivity index is 2.73. The van der Waals surface area contributed by atoms with Crippen molar-refractivity contribution >= 4 is 23.4 Å². The highest BCUT2D eigenvalue weighted by atomic mass is 32.2. The van der Waals surface area contributed by atoms with E-state index in [9.17, 15) is 9.90 Å². The minimum atomic E-state index is -0.202. The van der Waals surface area contributed by atoms with Crippen molar-refractivity contribution in [3.63, 3.8) is 0 Å². The minimum absolute atomic E-state index is 0.0912.